The van der Waals surface area contributed by atoms with Gasteiger partial charge in [0.1, 0.15) is 6.04 Å². The fourth-order valence-electron chi connectivity index (χ4n) is 2.89. The van der Waals surface area contributed by atoms with Crippen molar-refractivity contribution in [2.24, 2.45) is 0 Å². The van der Waals surface area contributed by atoms with Crippen LogP contribution in [-0.2, 0) is 4.79 Å². The van der Waals surface area contributed by atoms with Crippen molar-refractivity contribution in [3.8, 4) is 0 Å². The number of aromatic nitrogens is 2. The molecule has 0 saturated carbocycles. The van der Waals surface area contributed by atoms with E-state index in [1.807, 2.05) is 32.9 Å². The van der Waals surface area contributed by atoms with Gasteiger partial charge in [-0.05, 0) is 61.7 Å². The normalized spacial score (nSPS) is 11.8. The quantitative estimate of drug-likeness (QED) is 0.515. The number of nitrogens with zero attached hydrogens (tertiary/aromatic N) is 2. The molecule has 6 nitrogen and oxygen atoms in total. The summed E-state index contributed by atoms with van der Waals surface area (Å²) in [5.74, 6) is -0.618. The molecule has 1 aromatic heterocycles. The molecule has 0 fully saturated rings. The maximum atomic E-state index is 12.7. The second-order valence-corrected chi connectivity index (χ2v) is 7.79. The molecule has 3 rings (SSSR count). The number of hydrogen-bond acceptors (Lipinski definition) is 3. The monoisotopic (exact) mass is 444 g/mol. The summed E-state index contributed by atoms with van der Waals surface area (Å²) >= 11 is 12.2. The molecular formula is C22H22Cl2N4O2. The minimum absolute atomic E-state index is 0.205. The number of benzene rings is 2. The van der Waals surface area contributed by atoms with Crippen LogP contribution < -0.4 is 10.6 Å². The molecule has 0 bridgehead atoms. The number of halogens is 2. The van der Waals surface area contributed by atoms with E-state index in [-0.39, 0.29) is 17.5 Å². The van der Waals surface area contributed by atoms with E-state index in [0.29, 0.717) is 27.8 Å². The average molecular weight is 445 g/mol. The molecule has 1 atom stereocenters. The van der Waals surface area contributed by atoms with E-state index in [1.165, 1.54) is 4.68 Å². The molecule has 2 N–H and O–H groups in total. The molecule has 30 heavy (non-hydrogen) atoms. The maximum Gasteiger partial charge on any atom is 0.276 e. The third-order valence-electron chi connectivity index (χ3n) is 4.72. The van der Waals surface area contributed by atoms with E-state index in [1.54, 1.807) is 36.5 Å². The topological polar surface area (TPSA) is 76.0 Å². The van der Waals surface area contributed by atoms with Gasteiger partial charge in [0.05, 0.1) is 0 Å². The summed E-state index contributed by atoms with van der Waals surface area (Å²) in [4.78, 5) is 25.3. The number of hydrogen-bond donors (Lipinski definition) is 2. The average Bonchev–Trinajstić information content (AvgIpc) is 3.18. The van der Waals surface area contributed by atoms with E-state index in [0.717, 1.165) is 11.1 Å². The van der Waals surface area contributed by atoms with E-state index in [4.69, 9.17) is 23.2 Å². The Morgan fingerprint density at radius 3 is 2.07 bits per heavy atom. The lowest BCUT2D eigenvalue weighted by atomic mass is 10.2. The minimum Gasteiger partial charge on any atom is -0.324 e. The van der Waals surface area contributed by atoms with Crippen LogP contribution in [0.5, 0.6) is 0 Å². The van der Waals surface area contributed by atoms with Crippen molar-refractivity contribution in [1.82, 2.24) is 9.78 Å². The lowest BCUT2D eigenvalue weighted by Crippen LogP contribution is -2.26. The molecule has 3 aromatic rings. The molecule has 0 aliphatic carbocycles. The summed E-state index contributed by atoms with van der Waals surface area (Å²) < 4.78 is 1.49. The Morgan fingerprint density at radius 1 is 0.967 bits per heavy atom. The van der Waals surface area contributed by atoms with Crippen molar-refractivity contribution < 1.29 is 9.59 Å². The number of anilines is 2. The summed E-state index contributed by atoms with van der Waals surface area (Å²) in [6, 6.07) is 11.6. The molecule has 156 valence electrons. The second kappa shape index (κ2) is 9.32. The number of rotatable bonds is 6. The van der Waals surface area contributed by atoms with E-state index in [9.17, 15) is 9.59 Å². The summed E-state index contributed by atoms with van der Waals surface area (Å²) in [6.07, 6.45) is 2.12. The van der Waals surface area contributed by atoms with Crippen molar-refractivity contribution in [3.63, 3.8) is 0 Å². The van der Waals surface area contributed by atoms with Gasteiger partial charge in [0.25, 0.3) is 5.91 Å². The maximum absolute atomic E-state index is 12.7. The van der Waals surface area contributed by atoms with Gasteiger partial charge in [0, 0.05) is 27.6 Å². The number of aryl methyl sites for hydroxylation is 2. The fraction of sp³-hybridized carbons (Fsp3) is 0.227. The third-order valence-corrected chi connectivity index (χ3v) is 5.53. The number of carbonyl (C=O) groups excluding carboxylic acids is 2. The van der Waals surface area contributed by atoms with Gasteiger partial charge in [0.2, 0.25) is 5.91 Å². The molecule has 0 aliphatic heterocycles. The highest BCUT2D eigenvalue weighted by Gasteiger charge is 2.21. The standard InChI is InChI=1S/C22H22Cl2N4O2/c1-4-20(22(30)26-16-8-6-14(3)18(24)12-16)28-10-9-19(27-28)21(29)25-15-7-5-13(2)17(23)11-15/h5-12,20H,4H2,1-3H3,(H,25,29)(H,26,30). The van der Waals surface area contributed by atoms with Gasteiger partial charge >= 0.3 is 0 Å². The van der Waals surface area contributed by atoms with E-state index < -0.39 is 6.04 Å². The van der Waals surface area contributed by atoms with Crippen LogP contribution in [-0.4, -0.2) is 21.6 Å². The van der Waals surface area contributed by atoms with Gasteiger partial charge in [-0.3, -0.25) is 14.3 Å². The van der Waals surface area contributed by atoms with Gasteiger partial charge in [-0.1, -0.05) is 42.3 Å². The van der Waals surface area contributed by atoms with Gasteiger partial charge in [0.15, 0.2) is 5.69 Å². The Kier molecular flexibility index (Phi) is 6.80. The summed E-state index contributed by atoms with van der Waals surface area (Å²) in [5.41, 5.74) is 3.24. The highest BCUT2D eigenvalue weighted by Crippen LogP contribution is 2.23. The number of amides is 2. The Labute approximate surface area is 185 Å². The highest BCUT2D eigenvalue weighted by atomic mass is 35.5. The largest absolute Gasteiger partial charge is 0.324 e. The molecule has 1 heterocycles. The predicted molar refractivity (Wildman–Crippen MR) is 121 cm³/mol. The highest BCUT2D eigenvalue weighted by molar-refractivity contribution is 6.32. The SMILES string of the molecule is CCC(C(=O)Nc1ccc(C)c(Cl)c1)n1ccc(C(=O)Nc2ccc(C)c(Cl)c2)n1. The van der Waals surface area contributed by atoms with Crippen molar-refractivity contribution >= 4 is 46.4 Å². The summed E-state index contributed by atoms with van der Waals surface area (Å²) in [7, 11) is 0. The first-order valence-electron chi connectivity index (χ1n) is 9.48. The van der Waals surface area contributed by atoms with Crippen LogP contribution in [0.3, 0.4) is 0 Å². The van der Waals surface area contributed by atoms with Crippen molar-refractivity contribution in [2.45, 2.75) is 33.2 Å². The summed E-state index contributed by atoms with van der Waals surface area (Å²) in [6.45, 7) is 5.65. The van der Waals surface area contributed by atoms with Crippen molar-refractivity contribution in [3.05, 3.63) is 75.5 Å². The molecule has 8 heteroatoms. The molecule has 0 saturated heterocycles. The van der Waals surface area contributed by atoms with Gasteiger partial charge in [-0.2, -0.15) is 5.10 Å². The Bertz CT molecular complexity index is 1090. The van der Waals surface area contributed by atoms with Crippen molar-refractivity contribution in [1.29, 1.82) is 0 Å². The predicted octanol–water partition coefficient (Wildman–Crippen LogP) is 5.65. The van der Waals surface area contributed by atoms with Crippen molar-refractivity contribution in [2.75, 3.05) is 10.6 Å². The molecule has 2 amide bonds. The van der Waals surface area contributed by atoms with E-state index in [2.05, 4.69) is 15.7 Å². The smallest absolute Gasteiger partial charge is 0.276 e. The Balaban J connectivity index is 1.71. The molecule has 0 aliphatic rings. The molecule has 0 spiro atoms. The number of carbonyl (C=O) groups is 2. The lowest BCUT2D eigenvalue weighted by Gasteiger charge is -2.16. The number of nitrogens with one attached hydrogen (secondary N) is 2. The molecular weight excluding hydrogens is 423 g/mol. The third kappa shape index (κ3) is 5.01. The van der Waals surface area contributed by atoms with Gasteiger partial charge in [-0.15, -0.1) is 0 Å². The first kappa shape index (κ1) is 21.9. The Morgan fingerprint density at radius 2 is 1.53 bits per heavy atom. The van der Waals surface area contributed by atoms with E-state index >= 15 is 0 Å². The first-order chi connectivity index (χ1) is 14.3. The van der Waals surface area contributed by atoms with Gasteiger partial charge in [-0.25, -0.2) is 0 Å². The van der Waals surface area contributed by atoms with Crippen LogP contribution in [0.1, 0.15) is 41.0 Å². The second-order valence-electron chi connectivity index (χ2n) is 6.98. The van der Waals surface area contributed by atoms with Crippen LogP contribution in [0.2, 0.25) is 10.0 Å². The van der Waals surface area contributed by atoms with Crippen LogP contribution >= 0.6 is 23.2 Å². The fourth-order valence-corrected chi connectivity index (χ4v) is 3.25. The van der Waals surface area contributed by atoms with Crippen LogP contribution in [0.15, 0.2) is 48.7 Å². The van der Waals surface area contributed by atoms with Gasteiger partial charge < -0.3 is 10.6 Å². The zero-order valence-corrected chi connectivity index (χ0v) is 18.4. The first-order valence-corrected chi connectivity index (χ1v) is 10.2. The molecule has 2 aromatic carbocycles. The molecule has 0 radical (unpaired) electrons. The lowest BCUT2D eigenvalue weighted by molar-refractivity contribution is -0.119. The van der Waals surface area contributed by atoms with Crippen LogP contribution in [0, 0.1) is 13.8 Å². The van der Waals surface area contributed by atoms with Crippen LogP contribution in [0.25, 0.3) is 0 Å². The minimum atomic E-state index is -0.569. The Hall–Kier alpha value is -2.83. The zero-order chi connectivity index (χ0) is 21.8. The zero-order valence-electron chi connectivity index (χ0n) is 16.9. The molecule has 1 unspecified atom stereocenters. The summed E-state index contributed by atoms with van der Waals surface area (Å²) in [5, 5.41) is 11.1. The van der Waals surface area contributed by atoms with Crippen LogP contribution in [0.4, 0.5) is 11.4 Å².